The van der Waals surface area contributed by atoms with Crippen LogP contribution in [0.1, 0.15) is 5.56 Å². The molecule has 3 rings (SSSR count). The Balaban J connectivity index is 1.75. The van der Waals surface area contributed by atoms with Crippen LogP contribution < -0.4 is 10.7 Å². The van der Waals surface area contributed by atoms with Crippen LogP contribution in [0.4, 0.5) is 4.39 Å². The average Bonchev–Trinajstić information content (AvgIpc) is 2.58. The summed E-state index contributed by atoms with van der Waals surface area (Å²) >= 11 is 3.27. The second kappa shape index (κ2) is 6.92. The molecular weight excluding hydrogens is 377 g/mol. The van der Waals surface area contributed by atoms with E-state index in [1.54, 1.807) is 36.4 Å². The molecule has 0 saturated heterocycles. The molecule has 0 radical (unpaired) electrons. The van der Waals surface area contributed by atoms with E-state index >= 15 is 0 Å². The Bertz CT molecular complexity index is 971. The van der Waals surface area contributed by atoms with Crippen LogP contribution in [-0.4, -0.2) is 15.7 Å². The van der Waals surface area contributed by atoms with Crippen molar-refractivity contribution >= 4 is 32.7 Å². The number of nitrogens with zero attached hydrogens (tertiary/aromatic N) is 2. The molecule has 0 bridgehead atoms. The largest absolute Gasteiger partial charge is 0.350 e. The Morgan fingerprint density at radius 3 is 2.88 bits per heavy atom. The molecule has 3 aromatic rings. The molecule has 0 saturated carbocycles. The second-order valence-electron chi connectivity index (χ2n) is 5.20. The molecule has 24 heavy (non-hydrogen) atoms. The number of para-hydroxylation sites is 1. The third-order valence-corrected chi connectivity index (χ3v) is 4.03. The lowest BCUT2D eigenvalue weighted by molar-refractivity contribution is -0.121. The fourth-order valence-corrected chi connectivity index (χ4v) is 2.76. The Hall–Kier alpha value is -2.54. The van der Waals surface area contributed by atoms with Crippen molar-refractivity contribution in [3.63, 3.8) is 0 Å². The van der Waals surface area contributed by atoms with E-state index in [9.17, 15) is 14.0 Å². The van der Waals surface area contributed by atoms with E-state index in [1.807, 2.05) is 0 Å². The van der Waals surface area contributed by atoms with Gasteiger partial charge in [-0.05, 0) is 30.3 Å². The SMILES string of the molecule is O=C(Cn1ncc(=O)c2ccccc21)NCc1cc(Br)ccc1F. The molecule has 0 aliphatic heterocycles. The summed E-state index contributed by atoms with van der Waals surface area (Å²) < 4.78 is 15.9. The number of carbonyl (C=O) groups is 1. The zero-order valence-corrected chi connectivity index (χ0v) is 14.1. The van der Waals surface area contributed by atoms with Gasteiger partial charge in [-0.3, -0.25) is 14.3 Å². The van der Waals surface area contributed by atoms with Gasteiger partial charge in [-0.15, -0.1) is 0 Å². The van der Waals surface area contributed by atoms with Gasteiger partial charge in [0.1, 0.15) is 12.4 Å². The van der Waals surface area contributed by atoms with Crippen LogP contribution in [0, 0.1) is 5.82 Å². The lowest BCUT2D eigenvalue weighted by atomic mass is 10.2. The first kappa shape index (κ1) is 16.3. The fraction of sp³-hybridized carbons (Fsp3) is 0.118. The summed E-state index contributed by atoms with van der Waals surface area (Å²) in [6, 6.07) is 11.5. The fourth-order valence-electron chi connectivity index (χ4n) is 2.35. The van der Waals surface area contributed by atoms with Gasteiger partial charge in [-0.1, -0.05) is 28.1 Å². The van der Waals surface area contributed by atoms with E-state index in [2.05, 4.69) is 26.3 Å². The summed E-state index contributed by atoms with van der Waals surface area (Å²) in [6.45, 7) is 0.0126. The number of halogens is 2. The van der Waals surface area contributed by atoms with E-state index in [1.165, 1.54) is 16.9 Å². The molecule has 1 N–H and O–H groups in total. The normalized spacial score (nSPS) is 10.8. The molecule has 0 atom stereocenters. The van der Waals surface area contributed by atoms with E-state index in [0.717, 1.165) is 4.47 Å². The Kier molecular flexibility index (Phi) is 4.71. The van der Waals surface area contributed by atoms with Crippen LogP contribution in [0.3, 0.4) is 0 Å². The van der Waals surface area contributed by atoms with Gasteiger partial charge in [-0.2, -0.15) is 5.10 Å². The lowest BCUT2D eigenvalue weighted by Crippen LogP contribution is -2.29. The molecule has 122 valence electrons. The molecule has 1 aromatic heterocycles. The first-order chi connectivity index (χ1) is 11.5. The van der Waals surface area contributed by atoms with Crippen LogP contribution in [0.15, 0.2) is 57.9 Å². The molecule has 0 unspecified atom stereocenters. The highest BCUT2D eigenvalue weighted by atomic mass is 79.9. The smallest absolute Gasteiger partial charge is 0.242 e. The highest BCUT2D eigenvalue weighted by Gasteiger charge is 2.09. The van der Waals surface area contributed by atoms with Crippen LogP contribution in [-0.2, 0) is 17.9 Å². The molecule has 5 nitrogen and oxygen atoms in total. The van der Waals surface area contributed by atoms with Gasteiger partial charge in [-0.25, -0.2) is 4.39 Å². The second-order valence-corrected chi connectivity index (χ2v) is 6.11. The van der Waals surface area contributed by atoms with Crippen molar-refractivity contribution < 1.29 is 9.18 Å². The Morgan fingerprint density at radius 2 is 2.04 bits per heavy atom. The minimum absolute atomic E-state index is 0.0591. The molecule has 0 aliphatic rings. The zero-order valence-electron chi connectivity index (χ0n) is 12.5. The van der Waals surface area contributed by atoms with Gasteiger partial charge in [0.2, 0.25) is 11.3 Å². The van der Waals surface area contributed by atoms with E-state index in [4.69, 9.17) is 0 Å². The molecular formula is C17H13BrFN3O2. The molecule has 0 fully saturated rings. The first-order valence-electron chi connectivity index (χ1n) is 7.20. The summed E-state index contributed by atoms with van der Waals surface area (Å²) in [4.78, 5) is 23.9. The van der Waals surface area contributed by atoms with Gasteiger partial charge >= 0.3 is 0 Å². The first-order valence-corrected chi connectivity index (χ1v) is 7.99. The van der Waals surface area contributed by atoms with Gasteiger partial charge in [0.25, 0.3) is 0 Å². The number of amides is 1. The minimum Gasteiger partial charge on any atom is -0.350 e. The number of nitrogens with one attached hydrogen (secondary N) is 1. The van der Waals surface area contributed by atoms with E-state index in [-0.39, 0.29) is 30.2 Å². The van der Waals surface area contributed by atoms with Crippen LogP contribution in [0.25, 0.3) is 10.9 Å². The molecule has 0 aliphatic carbocycles. The highest BCUT2D eigenvalue weighted by Crippen LogP contribution is 2.15. The Morgan fingerprint density at radius 1 is 1.25 bits per heavy atom. The number of hydrogen-bond acceptors (Lipinski definition) is 3. The molecule has 7 heteroatoms. The number of hydrogen-bond donors (Lipinski definition) is 1. The quantitative estimate of drug-likeness (QED) is 0.745. The number of fused-ring (bicyclic) bond motifs is 1. The summed E-state index contributed by atoms with van der Waals surface area (Å²) in [5.74, 6) is -0.707. The van der Waals surface area contributed by atoms with Crippen molar-refractivity contribution in [3.05, 3.63) is 74.7 Å². The van der Waals surface area contributed by atoms with Gasteiger partial charge in [0, 0.05) is 22.0 Å². The third-order valence-electron chi connectivity index (χ3n) is 3.54. The van der Waals surface area contributed by atoms with Crippen molar-refractivity contribution in [1.29, 1.82) is 0 Å². The number of benzene rings is 2. The maximum absolute atomic E-state index is 13.7. The van der Waals surface area contributed by atoms with Crippen molar-refractivity contribution in [2.24, 2.45) is 0 Å². The van der Waals surface area contributed by atoms with Crippen LogP contribution >= 0.6 is 15.9 Å². The number of aromatic nitrogens is 2. The Labute approximate surface area is 145 Å². The number of rotatable bonds is 4. The van der Waals surface area contributed by atoms with Crippen LogP contribution in [0.2, 0.25) is 0 Å². The van der Waals surface area contributed by atoms with Gasteiger partial charge in [0.15, 0.2) is 0 Å². The average molecular weight is 390 g/mol. The third kappa shape index (κ3) is 3.51. The van der Waals surface area contributed by atoms with E-state index < -0.39 is 0 Å². The summed E-state index contributed by atoms with van der Waals surface area (Å²) in [5.41, 5.74) is 0.766. The molecule has 1 amide bonds. The summed E-state index contributed by atoms with van der Waals surface area (Å²) in [6.07, 6.45) is 1.18. The molecule has 1 heterocycles. The van der Waals surface area contributed by atoms with Crippen molar-refractivity contribution in [1.82, 2.24) is 15.1 Å². The van der Waals surface area contributed by atoms with E-state index in [0.29, 0.717) is 16.5 Å². The van der Waals surface area contributed by atoms with Crippen molar-refractivity contribution in [2.45, 2.75) is 13.1 Å². The molecule has 0 spiro atoms. The van der Waals surface area contributed by atoms with Gasteiger partial charge < -0.3 is 5.32 Å². The maximum atomic E-state index is 13.7. The monoisotopic (exact) mass is 389 g/mol. The predicted octanol–water partition coefficient (Wildman–Crippen LogP) is 2.61. The molecule has 2 aromatic carbocycles. The van der Waals surface area contributed by atoms with Gasteiger partial charge in [0.05, 0.1) is 11.7 Å². The lowest BCUT2D eigenvalue weighted by Gasteiger charge is -2.10. The standard InChI is InChI=1S/C17H13BrFN3O2/c18-12-5-6-14(19)11(7-12)8-20-17(24)10-22-15-4-2-1-3-13(15)16(23)9-21-22/h1-7,9H,8,10H2,(H,20,24). The highest BCUT2D eigenvalue weighted by molar-refractivity contribution is 9.10. The van der Waals surface area contributed by atoms with Crippen molar-refractivity contribution in [3.8, 4) is 0 Å². The topological polar surface area (TPSA) is 64.0 Å². The van der Waals surface area contributed by atoms with Crippen LogP contribution in [0.5, 0.6) is 0 Å². The number of carbonyl (C=O) groups excluding carboxylic acids is 1. The minimum atomic E-state index is -0.384. The van der Waals surface area contributed by atoms with Crippen molar-refractivity contribution in [2.75, 3.05) is 0 Å². The summed E-state index contributed by atoms with van der Waals surface area (Å²) in [5, 5.41) is 7.15. The maximum Gasteiger partial charge on any atom is 0.242 e. The zero-order chi connectivity index (χ0) is 17.1. The predicted molar refractivity (Wildman–Crippen MR) is 91.9 cm³/mol. The summed E-state index contributed by atoms with van der Waals surface area (Å²) in [7, 11) is 0.